The molecule has 0 atom stereocenters. The molecule has 0 radical (unpaired) electrons. The molecular formula is C10H11BrO. The Morgan fingerprint density at radius 2 is 2.08 bits per heavy atom. The highest BCUT2D eigenvalue weighted by Gasteiger charge is 2.44. The minimum atomic E-state index is -0.524. The Bertz CT molecular complexity index is 295. The van der Waals surface area contributed by atoms with Gasteiger partial charge in [-0.3, -0.25) is 0 Å². The smallest absolute Gasteiger partial charge is 0.0912 e. The summed E-state index contributed by atoms with van der Waals surface area (Å²) in [4.78, 5) is 0. The summed E-state index contributed by atoms with van der Waals surface area (Å²) in [7, 11) is 0. The number of aliphatic hydroxyl groups is 1. The minimum Gasteiger partial charge on any atom is -0.385 e. The molecule has 1 aliphatic rings. The van der Waals surface area contributed by atoms with Gasteiger partial charge in [0.25, 0.3) is 0 Å². The Morgan fingerprint density at radius 1 is 1.42 bits per heavy atom. The third-order valence-corrected chi connectivity index (χ3v) is 3.07. The van der Waals surface area contributed by atoms with Gasteiger partial charge in [-0.15, -0.1) is 0 Å². The molecule has 0 spiro atoms. The molecular weight excluding hydrogens is 216 g/mol. The first-order valence-corrected chi connectivity index (χ1v) is 4.91. The maximum atomic E-state index is 9.93. The monoisotopic (exact) mass is 226 g/mol. The van der Waals surface area contributed by atoms with Gasteiger partial charge >= 0.3 is 0 Å². The Kier molecular flexibility index (Phi) is 1.77. The zero-order chi connectivity index (χ0) is 8.77. The van der Waals surface area contributed by atoms with Crippen molar-refractivity contribution in [3.8, 4) is 0 Å². The van der Waals surface area contributed by atoms with Crippen LogP contribution < -0.4 is 0 Å². The van der Waals surface area contributed by atoms with Crippen LogP contribution in [0.2, 0.25) is 0 Å². The quantitative estimate of drug-likeness (QED) is 0.782. The number of rotatable bonds is 1. The van der Waals surface area contributed by atoms with Crippen LogP contribution >= 0.6 is 15.9 Å². The summed E-state index contributed by atoms with van der Waals surface area (Å²) < 4.78 is 1.03. The van der Waals surface area contributed by atoms with Crippen molar-refractivity contribution in [1.82, 2.24) is 0 Å². The second kappa shape index (κ2) is 2.57. The maximum Gasteiger partial charge on any atom is 0.0912 e. The number of aryl methyl sites for hydroxylation is 1. The summed E-state index contributed by atoms with van der Waals surface area (Å²) in [6, 6.07) is 6.02. The molecule has 0 aromatic heterocycles. The molecule has 0 bridgehead atoms. The zero-order valence-electron chi connectivity index (χ0n) is 6.97. The van der Waals surface area contributed by atoms with Crippen LogP contribution in [0.15, 0.2) is 22.7 Å². The van der Waals surface area contributed by atoms with Crippen molar-refractivity contribution in [2.45, 2.75) is 25.4 Å². The number of hydrogen-bond acceptors (Lipinski definition) is 1. The van der Waals surface area contributed by atoms with E-state index >= 15 is 0 Å². The van der Waals surface area contributed by atoms with E-state index in [9.17, 15) is 5.11 Å². The predicted octanol–water partition coefficient (Wildman–Crippen LogP) is 2.74. The highest BCUT2D eigenvalue weighted by molar-refractivity contribution is 9.10. The summed E-state index contributed by atoms with van der Waals surface area (Å²) in [5, 5.41) is 9.93. The molecule has 1 fully saturated rings. The summed E-state index contributed by atoms with van der Waals surface area (Å²) in [6.07, 6.45) is 1.80. The fourth-order valence-corrected chi connectivity index (χ4v) is 2.42. The van der Waals surface area contributed by atoms with E-state index in [-0.39, 0.29) is 0 Å². The first-order chi connectivity index (χ1) is 5.63. The number of hydrogen-bond donors (Lipinski definition) is 1. The molecule has 2 heteroatoms. The Balaban J connectivity index is 2.55. The van der Waals surface area contributed by atoms with Gasteiger partial charge in [0.2, 0.25) is 0 Å². The van der Waals surface area contributed by atoms with Crippen LogP contribution in [0.5, 0.6) is 0 Å². The van der Waals surface area contributed by atoms with Gasteiger partial charge in [0.1, 0.15) is 0 Å². The molecule has 2 rings (SSSR count). The van der Waals surface area contributed by atoms with E-state index in [4.69, 9.17) is 0 Å². The second-order valence-corrected chi connectivity index (χ2v) is 4.32. The van der Waals surface area contributed by atoms with Crippen molar-refractivity contribution < 1.29 is 5.11 Å². The Labute approximate surface area is 80.5 Å². The molecule has 1 aromatic carbocycles. The molecule has 12 heavy (non-hydrogen) atoms. The topological polar surface area (TPSA) is 20.2 Å². The zero-order valence-corrected chi connectivity index (χ0v) is 8.56. The van der Waals surface area contributed by atoms with Crippen LogP contribution in [-0.4, -0.2) is 5.11 Å². The maximum absolute atomic E-state index is 9.93. The lowest BCUT2D eigenvalue weighted by molar-refractivity contribution is 0.150. The third kappa shape index (κ3) is 1.19. The lowest BCUT2D eigenvalue weighted by Gasteiger charge is -2.13. The molecule has 1 N–H and O–H groups in total. The standard InChI is InChI=1S/C10H11BrO/c1-7-3-2-4-8(11)9(7)10(12)5-6-10/h2-4,12H,5-6H2,1H3. The van der Waals surface area contributed by atoms with Crippen LogP contribution in [0, 0.1) is 6.92 Å². The second-order valence-electron chi connectivity index (χ2n) is 3.46. The van der Waals surface area contributed by atoms with Crippen molar-refractivity contribution in [3.05, 3.63) is 33.8 Å². The molecule has 1 aromatic rings. The van der Waals surface area contributed by atoms with Gasteiger partial charge in [-0.1, -0.05) is 28.1 Å². The predicted molar refractivity (Wildman–Crippen MR) is 52.0 cm³/mol. The van der Waals surface area contributed by atoms with Crippen molar-refractivity contribution in [2.75, 3.05) is 0 Å². The number of benzene rings is 1. The lowest BCUT2D eigenvalue weighted by atomic mass is 10.0. The number of halogens is 1. The van der Waals surface area contributed by atoms with E-state index < -0.39 is 5.60 Å². The Hall–Kier alpha value is -0.340. The SMILES string of the molecule is Cc1cccc(Br)c1C1(O)CC1. The van der Waals surface area contributed by atoms with Gasteiger partial charge in [0.05, 0.1) is 5.60 Å². The molecule has 0 amide bonds. The van der Waals surface area contributed by atoms with Crippen molar-refractivity contribution in [2.24, 2.45) is 0 Å². The molecule has 1 aliphatic carbocycles. The highest BCUT2D eigenvalue weighted by Crippen LogP contribution is 2.48. The third-order valence-electron chi connectivity index (χ3n) is 2.41. The van der Waals surface area contributed by atoms with Crippen LogP contribution in [-0.2, 0) is 5.60 Å². The van der Waals surface area contributed by atoms with Gasteiger partial charge < -0.3 is 5.11 Å². The van der Waals surface area contributed by atoms with E-state index in [0.29, 0.717) is 0 Å². The van der Waals surface area contributed by atoms with Gasteiger partial charge in [-0.25, -0.2) is 0 Å². The molecule has 0 unspecified atom stereocenters. The molecule has 0 saturated heterocycles. The molecule has 1 nitrogen and oxygen atoms in total. The summed E-state index contributed by atoms with van der Waals surface area (Å²) in [5.74, 6) is 0. The van der Waals surface area contributed by atoms with Crippen LogP contribution in [0.3, 0.4) is 0 Å². The van der Waals surface area contributed by atoms with Crippen molar-refractivity contribution in [1.29, 1.82) is 0 Å². The van der Waals surface area contributed by atoms with Crippen LogP contribution in [0.4, 0.5) is 0 Å². The van der Waals surface area contributed by atoms with Gasteiger partial charge in [-0.2, -0.15) is 0 Å². The van der Waals surface area contributed by atoms with Gasteiger partial charge in [0.15, 0.2) is 0 Å². The summed E-state index contributed by atoms with van der Waals surface area (Å²) in [6.45, 7) is 2.04. The molecule has 64 valence electrons. The first-order valence-electron chi connectivity index (χ1n) is 4.11. The largest absolute Gasteiger partial charge is 0.385 e. The average Bonchev–Trinajstić information content (AvgIpc) is 2.68. The summed E-state index contributed by atoms with van der Waals surface area (Å²) >= 11 is 3.46. The molecule has 1 saturated carbocycles. The lowest BCUT2D eigenvalue weighted by Crippen LogP contribution is -2.07. The van der Waals surface area contributed by atoms with Crippen LogP contribution in [0.1, 0.15) is 24.0 Å². The van der Waals surface area contributed by atoms with Gasteiger partial charge in [0, 0.05) is 10.0 Å². The minimum absolute atomic E-state index is 0.524. The Morgan fingerprint density at radius 3 is 2.58 bits per heavy atom. The average molecular weight is 227 g/mol. The van der Waals surface area contributed by atoms with Crippen molar-refractivity contribution in [3.63, 3.8) is 0 Å². The fraction of sp³-hybridized carbons (Fsp3) is 0.400. The van der Waals surface area contributed by atoms with E-state index in [0.717, 1.165) is 22.9 Å². The van der Waals surface area contributed by atoms with E-state index in [1.165, 1.54) is 5.56 Å². The van der Waals surface area contributed by atoms with Gasteiger partial charge in [-0.05, 0) is 31.4 Å². The highest BCUT2D eigenvalue weighted by atomic mass is 79.9. The van der Waals surface area contributed by atoms with E-state index in [1.54, 1.807) is 0 Å². The van der Waals surface area contributed by atoms with E-state index in [2.05, 4.69) is 15.9 Å². The molecule has 0 aliphatic heterocycles. The molecule has 0 heterocycles. The first kappa shape index (κ1) is 8.27. The van der Waals surface area contributed by atoms with Crippen LogP contribution in [0.25, 0.3) is 0 Å². The van der Waals surface area contributed by atoms with Crippen molar-refractivity contribution >= 4 is 15.9 Å². The normalized spacial score (nSPS) is 19.2. The summed E-state index contributed by atoms with van der Waals surface area (Å²) in [5.41, 5.74) is 1.72. The van der Waals surface area contributed by atoms with E-state index in [1.807, 2.05) is 25.1 Å². The fourth-order valence-electron chi connectivity index (χ4n) is 1.59.